The van der Waals surface area contributed by atoms with Gasteiger partial charge in [-0.1, -0.05) is 0 Å². The summed E-state index contributed by atoms with van der Waals surface area (Å²) in [6, 6.07) is 0.549. The summed E-state index contributed by atoms with van der Waals surface area (Å²) in [6.45, 7) is 2.55. The average molecular weight is 138 g/mol. The Bertz CT molecular complexity index is 182. The van der Waals surface area contributed by atoms with Crippen LogP contribution in [0.5, 0.6) is 0 Å². The van der Waals surface area contributed by atoms with Gasteiger partial charge in [0.25, 0.3) is 6.02 Å². The molecule has 0 aromatic heterocycles. The zero-order valence-corrected chi connectivity index (χ0v) is 5.87. The van der Waals surface area contributed by atoms with Gasteiger partial charge in [0, 0.05) is 12.4 Å². The van der Waals surface area contributed by atoms with Crippen molar-refractivity contribution in [2.45, 2.75) is 6.92 Å². The molecule has 1 rings (SSSR count). The van der Waals surface area contributed by atoms with Crippen molar-refractivity contribution in [1.82, 2.24) is 5.32 Å². The van der Waals surface area contributed by atoms with Crippen LogP contribution >= 0.6 is 0 Å². The van der Waals surface area contributed by atoms with Crippen molar-refractivity contribution in [3.8, 4) is 0 Å². The normalized spacial score (nSPS) is 15.5. The van der Waals surface area contributed by atoms with Crippen LogP contribution in [0.4, 0.5) is 0 Å². The highest BCUT2D eigenvalue weighted by molar-refractivity contribution is 5.75. The maximum atomic E-state index is 5.10. The molecule has 54 valence electrons. The third-order valence-electron chi connectivity index (χ3n) is 0.973. The summed E-state index contributed by atoms with van der Waals surface area (Å²) in [5.74, 6) is 0. The van der Waals surface area contributed by atoms with Crippen LogP contribution in [0.3, 0.4) is 0 Å². The molecule has 0 radical (unpaired) electrons. The van der Waals surface area contributed by atoms with Gasteiger partial charge in [0.15, 0.2) is 0 Å². The van der Waals surface area contributed by atoms with E-state index in [1.807, 2.05) is 19.1 Å². The maximum Gasteiger partial charge on any atom is 0.293 e. The molecule has 3 nitrogen and oxygen atoms in total. The number of amidine groups is 1. The molecule has 0 aromatic rings. The van der Waals surface area contributed by atoms with E-state index in [9.17, 15) is 0 Å². The van der Waals surface area contributed by atoms with E-state index < -0.39 is 0 Å². The van der Waals surface area contributed by atoms with E-state index in [4.69, 9.17) is 4.74 Å². The quantitative estimate of drug-likeness (QED) is 0.586. The van der Waals surface area contributed by atoms with Gasteiger partial charge in [-0.25, -0.2) is 4.99 Å². The van der Waals surface area contributed by atoms with Crippen LogP contribution in [0.2, 0.25) is 0 Å². The lowest BCUT2D eigenvalue weighted by Gasteiger charge is -2.02. The minimum Gasteiger partial charge on any atom is -0.465 e. The zero-order chi connectivity index (χ0) is 7.23. The molecule has 0 fully saturated rings. The number of hydrogen-bond donors (Lipinski definition) is 1. The number of allylic oxidation sites excluding steroid dienone is 2. The van der Waals surface area contributed by atoms with E-state index in [0.29, 0.717) is 12.6 Å². The van der Waals surface area contributed by atoms with Gasteiger partial charge in [0.1, 0.15) is 0 Å². The highest BCUT2D eigenvalue weighted by Gasteiger charge is 1.93. The second kappa shape index (κ2) is 3.71. The first-order valence-electron chi connectivity index (χ1n) is 3.22. The summed E-state index contributed by atoms with van der Waals surface area (Å²) in [5, 5.41) is 2.87. The molecule has 1 heterocycles. The number of hydrogen-bond acceptors (Lipinski definition) is 3. The molecule has 0 amide bonds. The van der Waals surface area contributed by atoms with Crippen LogP contribution in [0.1, 0.15) is 6.92 Å². The number of ether oxygens (including phenoxy) is 1. The molecule has 0 bridgehead atoms. The Morgan fingerprint density at radius 3 is 3.30 bits per heavy atom. The van der Waals surface area contributed by atoms with Crippen molar-refractivity contribution in [3.63, 3.8) is 0 Å². The maximum absolute atomic E-state index is 5.10. The van der Waals surface area contributed by atoms with Crippen LogP contribution in [-0.4, -0.2) is 12.6 Å². The Kier molecular flexibility index (Phi) is 2.55. The summed E-state index contributed by atoms with van der Waals surface area (Å²) < 4.78 is 5.10. The van der Waals surface area contributed by atoms with E-state index in [2.05, 4.69) is 10.3 Å². The van der Waals surface area contributed by atoms with Gasteiger partial charge in [-0.05, 0) is 19.1 Å². The summed E-state index contributed by atoms with van der Waals surface area (Å²) in [5.41, 5.74) is 0. The van der Waals surface area contributed by atoms with Crippen molar-refractivity contribution in [2.24, 2.45) is 4.99 Å². The van der Waals surface area contributed by atoms with Gasteiger partial charge >= 0.3 is 0 Å². The van der Waals surface area contributed by atoms with Crippen molar-refractivity contribution >= 4 is 6.02 Å². The third kappa shape index (κ3) is 1.93. The second-order valence-electron chi connectivity index (χ2n) is 1.71. The summed E-state index contributed by atoms with van der Waals surface area (Å²) >= 11 is 0. The van der Waals surface area contributed by atoms with Gasteiger partial charge in [0.2, 0.25) is 0 Å². The summed E-state index contributed by atoms with van der Waals surface area (Å²) in [6.07, 6.45) is 7.15. The largest absolute Gasteiger partial charge is 0.465 e. The van der Waals surface area contributed by atoms with Gasteiger partial charge in [-0.15, -0.1) is 0 Å². The molecule has 1 aliphatic rings. The molecule has 0 saturated carbocycles. The number of nitrogens with zero attached hydrogens (tertiary/aromatic N) is 1. The smallest absolute Gasteiger partial charge is 0.293 e. The molecular weight excluding hydrogens is 128 g/mol. The molecule has 0 saturated heterocycles. The molecular formula is C7H10N2O. The molecule has 0 aliphatic carbocycles. The summed E-state index contributed by atoms with van der Waals surface area (Å²) in [4.78, 5) is 3.95. The Hall–Kier alpha value is -1.25. The van der Waals surface area contributed by atoms with Crippen LogP contribution in [-0.2, 0) is 4.74 Å². The van der Waals surface area contributed by atoms with Crippen LogP contribution in [0, 0.1) is 0 Å². The van der Waals surface area contributed by atoms with Crippen LogP contribution < -0.4 is 5.32 Å². The van der Waals surface area contributed by atoms with Gasteiger partial charge < -0.3 is 10.1 Å². The summed E-state index contributed by atoms with van der Waals surface area (Å²) in [7, 11) is 0. The van der Waals surface area contributed by atoms with Crippen molar-refractivity contribution in [3.05, 3.63) is 24.6 Å². The van der Waals surface area contributed by atoms with Crippen LogP contribution in [0.15, 0.2) is 29.5 Å². The van der Waals surface area contributed by atoms with E-state index >= 15 is 0 Å². The third-order valence-corrected chi connectivity index (χ3v) is 0.973. The van der Waals surface area contributed by atoms with Crippen molar-refractivity contribution < 1.29 is 4.74 Å². The number of nitrogens with one attached hydrogen (secondary N) is 1. The average Bonchev–Trinajstić information content (AvgIpc) is 2.17. The minimum atomic E-state index is 0.549. The van der Waals surface area contributed by atoms with E-state index in [1.165, 1.54) is 0 Å². The van der Waals surface area contributed by atoms with E-state index in [-0.39, 0.29) is 0 Å². The fourth-order valence-electron chi connectivity index (χ4n) is 0.588. The van der Waals surface area contributed by atoms with Crippen molar-refractivity contribution in [2.75, 3.05) is 6.61 Å². The standard InChI is InChI=1S/C7H10N2O/c1-2-10-7-8-5-3-4-6-9-7/h3-6H,2H2,1H3,(H,8,9). The molecule has 1 N–H and O–H groups in total. The number of aliphatic imine (C=N–C) groups is 1. The Balaban J connectivity index is 2.50. The lowest BCUT2D eigenvalue weighted by atomic mass is 10.6. The Morgan fingerprint density at radius 1 is 1.60 bits per heavy atom. The lowest BCUT2D eigenvalue weighted by molar-refractivity contribution is 0.315. The van der Waals surface area contributed by atoms with E-state index in [0.717, 1.165) is 0 Å². The molecule has 0 aromatic carbocycles. The SMILES string of the molecule is CCOC1=NC=CC=CN1. The topological polar surface area (TPSA) is 33.6 Å². The highest BCUT2D eigenvalue weighted by atomic mass is 16.5. The van der Waals surface area contributed by atoms with Gasteiger partial charge in [0.05, 0.1) is 6.61 Å². The highest BCUT2D eigenvalue weighted by Crippen LogP contribution is 1.87. The Labute approximate surface area is 60.1 Å². The Morgan fingerprint density at radius 2 is 2.50 bits per heavy atom. The first-order valence-corrected chi connectivity index (χ1v) is 3.22. The van der Waals surface area contributed by atoms with Crippen LogP contribution in [0.25, 0.3) is 0 Å². The first kappa shape index (κ1) is 6.86. The second-order valence-corrected chi connectivity index (χ2v) is 1.71. The van der Waals surface area contributed by atoms with Gasteiger partial charge in [-0.3, -0.25) is 0 Å². The van der Waals surface area contributed by atoms with Crippen molar-refractivity contribution in [1.29, 1.82) is 0 Å². The predicted octanol–water partition coefficient (Wildman–Crippen LogP) is 1.01. The first-order chi connectivity index (χ1) is 4.93. The molecule has 0 spiro atoms. The molecule has 1 aliphatic heterocycles. The minimum absolute atomic E-state index is 0.549. The molecule has 0 atom stereocenters. The lowest BCUT2D eigenvalue weighted by Crippen LogP contribution is -2.19. The monoisotopic (exact) mass is 138 g/mol. The molecule has 3 heteroatoms. The van der Waals surface area contributed by atoms with E-state index in [1.54, 1.807) is 12.4 Å². The predicted molar refractivity (Wildman–Crippen MR) is 40.5 cm³/mol. The van der Waals surface area contributed by atoms with Gasteiger partial charge in [-0.2, -0.15) is 0 Å². The zero-order valence-electron chi connectivity index (χ0n) is 5.87. The number of rotatable bonds is 1. The molecule has 10 heavy (non-hydrogen) atoms. The fraction of sp³-hybridized carbons (Fsp3) is 0.286. The fourth-order valence-corrected chi connectivity index (χ4v) is 0.588. The molecule has 0 unspecified atom stereocenters.